The lowest BCUT2D eigenvalue weighted by molar-refractivity contribution is -2.00. The molecular weight excluding hydrogens is 384 g/mol. The first kappa shape index (κ1) is 19.8. The van der Waals surface area contributed by atoms with E-state index >= 15 is 0 Å². The molecule has 0 amide bonds. The molecule has 4 aromatic rings. The molecule has 3 aromatic heterocycles. The fraction of sp³-hybridized carbons (Fsp3) is 0.0500. The quantitative estimate of drug-likeness (QED) is 0.224. The Balaban J connectivity index is 0.000000403. The van der Waals surface area contributed by atoms with E-state index in [9.17, 15) is 4.79 Å². The molecule has 3 heterocycles. The Morgan fingerprint density at radius 1 is 0.893 bits per heavy atom. The Labute approximate surface area is 162 Å². The van der Waals surface area contributed by atoms with Gasteiger partial charge in [-0.15, -0.1) is 10.2 Å². The zero-order valence-corrected chi connectivity index (χ0v) is 15.4. The largest absolute Gasteiger partial charge is 0.291 e. The van der Waals surface area contributed by atoms with Gasteiger partial charge in [0.1, 0.15) is 0 Å². The van der Waals surface area contributed by atoms with Gasteiger partial charge in [0.15, 0.2) is 25.1 Å². The van der Waals surface area contributed by atoms with Crippen molar-refractivity contribution in [2.45, 2.75) is 6.54 Å². The number of hydrogen-bond acceptors (Lipinski definition) is 5. The van der Waals surface area contributed by atoms with Gasteiger partial charge in [-0.25, -0.2) is 18.6 Å². The zero-order valence-electron chi connectivity index (χ0n) is 14.6. The minimum Gasteiger partial charge on any atom is -0.291 e. The number of rotatable bonds is 3. The molecule has 1 aromatic carbocycles. The van der Waals surface area contributed by atoms with Gasteiger partial charge in [0, 0.05) is 35.9 Å². The lowest BCUT2D eigenvalue weighted by atomic mass is 10.1. The highest BCUT2D eigenvalue weighted by molar-refractivity contribution is 5.86. The molecule has 0 spiro atoms. The maximum atomic E-state index is 11.2. The highest BCUT2D eigenvalue weighted by Gasteiger charge is 2.14. The Bertz CT molecular complexity index is 1120. The Morgan fingerprint density at radius 2 is 1.61 bits per heavy atom. The second-order valence-electron chi connectivity index (χ2n) is 5.98. The van der Waals surface area contributed by atoms with Crippen LogP contribution in [0.4, 0.5) is 0 Å². The third-order valence-corrected chi connectivity index (χ3v) is 4.16. The van der Waals surface area contributed by atoms with Gasteiger partial charge >= 0.3 is 0 Å². The first-order valence-electron chi connectivity index (χ1n) is 8.22. The van der Waals surface area contributed by atoms with Gasteiger partial charge in [-0.2, -0.15) is 8.97 Å². The summed E-state index contributed by atoms with van der Waals surface area (Å²) in [6.07, 6.45) is 7.05. The van der Waals surface area contributed by atoms with Crippen molar-refractivity contribution in [1.29, 1.82) is 0 Å². The van der Waals surface area contributed by atoms with Crippen molar-refractivity contribution in [2.75, 3.05) is 0 Å². The SMILES string of the molecule is O=Cc1cccc[n+]1Cc1cccc2cc3cccc[n+]3cc12.[O-][Cl+3]([O-])([O-])[O-]. The van der Waals surface area contributed by atoms with Crippen molar-refractivity contribution in [3.8, 4) is 0 Å². The van der Waals surface area contributed by atoms with Crippen molar-refractivity contribution in [1.82, 2.24) is 0 Å². The van der Waals surface area contributed by atoms with Crippen molar-refractivity contribution in [3.63, 3.8) is 0 Å². The van der Waals surface area contributed by atoms with Gasteiger partial charge < -0.3 is 0 Å². The van der Waals surface area contributed by atoms with Gasteiger partial charge in [-0.1, -0.05) is 18.2 Å². The number of halogens is 1. The smallest absolute Gasteiger partial charge is 0.245 e. The van der Waals surface area contributed by atoms with Crippen LogP contribution in [-0.2, 0) is 6.54 Å². The first-order valence-corrected chi connectivity index (χ1v) is 9.46. The van der Waals surface area contributed by atoms with Crippen LogP contribution in [0.15, 0.2) is 79.3 Å². The van der Waals surface area contributed by atoms with E-state index in [0.29, 0.717) is 12.2 Å². The van der Waals surface area contributed by atoms with E-state index in [0.717, 1.165) is 11.8 Å². The normalized spacial score (nSPS) is 11.1. The highest BCUT2D eigenvalue weighted by Crippen LogP contribution is 2.18. The van der Waals surface area contributed by atoms with Crippen molar-refractivity contribution in [2.24, 2.45) is 0 Å². The lowest BCUT2D eigenvalue weighted by Crippen LogP contribution is -2.68. The standard InChI is InChI=1S/C20H16N2O.ClHO4/c23-15-19-9-2-4-10-21(19)13-17-7-5-6-16-12-18-8-1-3-11-22(18)14-20(16)17;2-1(3,4)5/h1-12,14-15H,13H2;(H,2,3,4,5)/q+2;/p-1. The predicted octanol–water partition coefficient (Wildman–Crippen LogP) is -2.03. The fourth-order valence-electron chi connectivity index (χ4n) is 2.99. The van der Waals surface area contributed by atoms with E-state index in [1.165, 1.54) is 16.3 Å². The Kier molecular flexibility index (Phi) is 5.93. The number of carbonyl (C=O) groups is 1. The van der Waals surface area contributed by atoms with E-state index in [4.69, 9.17) is 18.6 Å². The van der Waals surface area contributed by atoms with Crippen LogP contribution in [0.2, 0.25) is 0 Å². The van der Waals surface area contributed by atoms with Gasteiger partial charge in [-0.3, -0.25) is 4.79 Å². The van der Waals surface area contributed by atoms with Crippen molar-refractivity contribution < 1.29 is 42.6 Å². The van der Waals surface area contributed by atoms with Crippen LogP contribution in [0.1, 0.15) is 16.1 Å². The number of benzene rings is 1. The van der Waals surface area contributed by atoms with E-state index in [1.54, 1.807) is 0 Å². The molecule has 0 bridgehead atoms. The number of aldehydes is 1. The number of fused-ring (bicyclic) bond motifs is 2. The molecule has 0 fully saturated rings. The van der Waals surface area contributed by atoms with Crippen LogP contribution >= 0.6 is 0 Å². The molecule has 0 aliphatic heterocycles. The highest BCUT2D eigenvalue weighted by atomic mass is 35.7. The molecule has 142 valence electrons. The topological polar surface area (TPSA) is 117 Å². The molecule has 0 N–H and O–H groups in total. The third kappa shape index (κ3) is 5.07. The number of carbonyl (C=O) groups excluding carboxylic acids is 1. The van der Waals surface area contributed by atoms with Crippen LogP contribution in [0.3, 0.4) is 0 Å². The number of aromatic nitrogens is 2. The van der Waals surface area contributed by atoms with Crippen LogP contribution in [-0.4, -0.2) is 6.29 Å². The number of pyridine rings is 3. The van der Waals surface area contributed by atoms with Gasteiger partial charge in [0.25, 0.3) is 0 Å². The number of hydrogen-bond donors (Lipinski definition) is 0. The molecule has 28 heavy (non-hydrogen) atoms. The lowest BCUT2D eigenvalue weighted by Gasteiger charge is -2.17. The maximum Gasteiger partial charge on any atom is 0.245 e. The van der Waals surface area contributed by atoms with Crippen LogP contribution in [0.5, 0.6) is 0 Å². The summed E-state index contributed by atoms with van der Waals surface area (Å²) in [5, 5.41) is 2.40. The molecular formula is C20H16ClN2O5+. The maximum absolute atomic E-state index is 11.2. The predicted molar refractivity (Wildman–Crippen MR) is 88.2 cm³/mol. The number of nitrogens with zero attached hydrogens (tertiary/aromatic N) is 2. The second kappa shape index (κ2) is 8.39. The van der Waals surface area contributed by atoms with E-state index in [2.05, 4.69) is 47.1 Å². The summed E-state index contributed by atoms with van der Waals surface area (Å²) in [5.74, 6) is 0. The summed E-state index contributed by atoms with van der Waals surface area (Å²) >= 11 is 0. The summed E-state index contributed by atoms with van der Waals surface area (Å²) in [6, 6.07) is 20.3. The minimum absolute atomic E-state index is 0.672. The van der Waals surface area contributed by atoms with Gasteiger partial charge in [0.2, 0.25) is 17.5 Å². The molecule has 0 aliphatic carbocycles. The van der Waals surface area contributed by atoms with Crippen molar-refractivity contribution in [3.05, 3.63) is 90.5 Å². The summed E-state index contributed by atoms with van der Waals surface area (Å²) in [7, 11) is -4.94. The average Bonchev–Trinajstić information content (AvgIpc) is 2.66. The Hall–Kier alpha value is -2.94. The summed E-state index contributed by atoms with van der Waals surface area (Å²) in [5.41, 5.74) is 3.04. The summed E-state index contributed by atoms with van der Waals surface area (Å²) in [6.45, 7) is 0.672. The molecule has 0 saturated heterocycles. The van der Waals surface area contributed by atoms with Crippen LogP contribution in [0.25, 0.3) is 16.3 Å². The van der Waals surface area contributed by atoms with E-state index in [1.807, 2.05) is 41.1 Å². The zero-order chi connectivity index (χ0) is 20.1. The molecule has 0 radical (unpaired) electrons. The molecule has 8 heteroatoms. The molecule has 7 nitrogen and oxygen atoms in total. The molecule has 0 aliphatic rings. The van der Waals surface area contributed by atoms with Crippen molar-refractivity contribution >= 4 is 22.6 Å². The minimum atomic E-state index is -4.94. The monoisotopic (exact) mass is 399 g/mol. The van der Waals surface area contributed by atoms with Crippen LogP contribution in [0, 0.1) is 10.2 Å². The third-order valence-electron chi connectivity index (χ3n) is 4.16. The van der Waals surface area contributed by atoms with Crippen LogP contribution < -0.4 is 27.6 Å². The second-order valence-corrected chi connectivity index (χ2v) is 6.73. The van der Waals surface area contributed by atoms with E-state index in [-0.39, 0.29) is 0 Å². The molecule has 0 atom stereocenters. The first-order chi connectivity index (χ1) is 13.3. The van der Waals surface area contributed by atoms with Gasteiger partial charge in [0.05, 0.1) is 5.39 Å². The summed E-state index contributed by atoms with van der Waals surface area (Å²) < 4.78 is 38.1. The van der Waals surface area contributed by atoms with Gasteiger partial charge in [-0.05, 0) is 17.5 Å². The Morgan fingerprint density at radius 3 is 2.36 bits per heavy atom. The fourth-order valence-corrected chi connectivity index (χ4v) is 2.99. The summed E-state index contributed by atoms with van der Waals surface area (Å²) in [4.78, 5) is 11.2. The molecule has 4 rings (SSSR count). The molecule has 0 saturated carbocycles. The average molecular weight is 400 g/mol. The molecule has 0 unspecified atom stereocenters. The van der Waals surface area contributed by atoms with E-state index < -0.39 is 10.2 Å².